The number of aromatic nitrogens is 1. The number of nitriles is 1. The van der Waals surface area contributed by atoms with Crippen molar-refractivity contribution < 1.29 is 9.90 Å². The maximum atomic E-state index is 12.8. The Hall–Kier alpha value is -2.13. The highest BCUT2D eigenvalue weighted by Gasteiger charge is 2.48. The van der Waals surface area contributed by atoms with Gasteiger partial charge in [0.25, 0.3) is 0 Å². The van der Waals surface area contributed by atoms with E-state index in [1.807, 2.05) is 13.0 Å². The summed E-state index contributed by atoms with van der Waals surface area (Å²) in [4.78, 5) is 21.2. The Balaban J connectivity index is 1.84. The first kappa shape index (κ1) is 15.8. The van der Waals surface area contributed by atoms with Crippen LogP contribution in [-0.2, 0) is 4.79 Å². The average molecular weight is 314 g/mol. The van der Waals surface area contributed by atoms with Crippen LogP contribution in [0.1, 0.15) is 30.5 Å². The third kappa shape index (κ3) is 2.77. The molecule has 0 radical (unpaired) electrons. The molecule has 2 aliphatic heterocycles. The van der Waals surface area contributed by atoms with Crippen LogP contribution in [-0.4, -0.2) is 53.7 Å². The van der Waals surface area contributed by atoms with Gasteiger partial charge in [0.1, 0.15) is 11.9 Å². The number of carbonyl (C=O) groups excluding carboxylic acids is 1. The monoisotopic (exact) mass is 314 g/mol. The Morgan fingerprint density at radius 2 is 2.22 bits per heavy atom. The number of carbonyl (C=O) groups is 1. The minimum Gasteiger partial charge on any atom is -0.395 e. The number of aliphatic hydroxyl groups excluding tert-OH is 1. The summed E-state index contributed by atoms with van der Waals surface area (Å²) in [7, 11) is 0. The normalized spacial score (nSPS) is 24.3. The summed E-state index contributed by atoms with van der Waals surface area (Å²) in [5.41, 5.74) is 1.05. The van der Waals surface area contributed by atoms with Crippen LogP contribution in [0.25, 0.3) is 0 Å². The van der Waals surface area contributed by atoms with Crippen LogP contribution in [0.2, 0.25) is 0 Å². The van der Waals surface area contributed by atoms with Crippen molar-refractivity contribution in [3.8, 4) is 6.07 Å². The van der Waals surface area contributed by atoms with E-state index in [1.54, 1.807) is 11.0 Å². The van der Waals surface area contributed by atoms with Gasteiger partial charge in [-0.15, -0.1) is 0 Å². The zero-order chi connectivity index (χ0) is 16.4. The lowest BCUT2D eigenvalue weighted by Crippen LogP contribution is -2.50. The number of rotatable bonds is 3. The average Bonchev–Trinajstić information content (AvgIpc) is 2.97. The first-order valence-electron chi connectivity index (χ1n) is 8.12. The SMILES string of the molecule is Cc1ccc(C#N)c(N2CCC3(CCCN(CCO)C3=O)C2)n1. The summed E-state index contributed by atoms with van der Waals surface area (Å²) in [6.45, 7) is 4.40. The molecule has 23 heavy (non-hydrogen) atoms. The van der Waals surface area contributed by atoms with Crippen molar-refractivity contribution in [3.63, 3.8) is 0 Å². The number of piperidine rings is 1. The smallest absolute Gasteiger partial charge is 0.230 e. The highest BCUT2D eigenvalue weighted by molar-refractivity contribution is 5.85. The summed E-state index contributed by atoms with van der Waals surface area (Å²) in [6.07, 6.45) is 2.62. The van der Waals surface area contributed by atoms with Gasteiger partial charge >= 0.3 is 0 Å². The largest absolute Gasteiger partial charge is 0.395 e. The lowest BCUT2D eigenvalue weighted by Gasteiger charge is -2.39. The first-order valence-corrected chi connectivity index (χ1v) is 8.12. The fourth-order valence-electron chi connectivity index (χ4n) is 3.79. The number of amides is 1. The van der Waals surface area contributed by atoms with Crippen molar-refractivity contribution in [2.45, 2.75) is 26.2 Å². The molecule has 0 bridgehead atoms. The van der Waals surface area contributed by atoms with Crippen molar-refractivity contribution in [1.82, 2.24) is 9.88 Å². The Labute approximate surface area is 136 Å². The summed E-state index contributed by atoms with van der Waals surface area (Å²) in [6, 6.07) is 5.83. The molecule has 2 aliphatic rings. The van der Waals surface area contributed by atoms with Gasteiger partial charge in [-0.25, -0.2) is 4.98 Å². The summed E-state index contributed by atoms with van der Waals surface area (Å²) < 4.78 is 0. The molecule has 1 spiro atoms. The molecule has 0 saturated carbocycles. The van der Waals surface area contributed by atoms with Crippen molar-refractivity contribution >= 4 is 11.7 Å². The number of pyridine rings is 1. The molecule has 2 fully saturated rings. The number of anilines is 1. The van der Waals surface area contributed by atoms with Gasteiger partial charge in [-0.05, 0) is 38.3 Å². The first-order chi connectivity index (χ1) is 11.1. The van der Waals surface area contributed by atoms with E-state index in [0.29, 0.717) is 24.5 Å². The minimum absolute atomic E-state index is 0.00352. The standard InChI is InChI=1S/C17H22N4O2/c1-13-3-4-14(11-18)15(19-13)21-8-6-17(12-21)5-2-7-20(9-10-22)16(17)23/h3-4,22H,2,5-10,12H2,1H3. The predicted octanol–water partition coefficient (Wildman–Crippen LogP) is 1.07. The van der Waals surface area contributed by atoms with E-state index in [9.17, 15) is 10.1 Å². The molecule has 0 aromatic carbocycles. The Morgan fingerprint density at radius 3 is 2.96 bits per heavy atom. The number of hydrogen-bond donors (Lipinski definition) is 1. The van der Waals surface area contributed by atoms with E-state index >= 15 is 0 Å². The third-order valence-corrected chi connectivity index (χ3v) is 4.98. The molecule has 0 aliphatic carbocycles. The Morgan fingerprint density at radius 1 is 1.39 bits per heavy atom. The van der Waals surface area contributed by atoms with E-state index < -0.39 is 0 Å². The van der Waals surface area contributed by atoms with Crippen molar-refractivity contribution in [1.29, 1.82) is 5.26 Å². The van der Waals surface area contributed by atoms with Gasteiger partial charge in [0.15, 0.2) is 0 Å². The minimum atomic E-state index is -0.383. The number of aliphatic hydroxyl groups is 1. The number of aryl methyl sites for hydroxylation is 1. The van der Waals surface area contributed by atoms with Gasteiger partial charge in [0.05, 0.1) is 17.6 Å². The molecule has 3 rings (SSSR count). The van der Waals surface area contributed by atoms with Gasteiger partial charge < -0.3 is 14.9 Å². The molecule has 3 heterocycles. The molecule has 1 amide bonds. The molecular weight excluding hydrogens is 292 g/mol. The zero-order valence-electron chi connectivity index (χ0n) is 13.5. The molecule has 6 heteroatoms. The third-order valence-electron chi connectivity index (χ3n) is 4.98. The second-order valence-electron chi connectivity index (χ2n) is 6.51. The van der Waals surface area contributed by atoms with Crippen molar-refractivity contribution in [2.24, 2.45) is 5.41 Å². The van der Waals surface area contributed by atoms with E-state index in [2.05, 4.69) is 16.0 Å². The fraction of sp³-hybridized carbons (Fsp3) is 0.588. The van der Waals surface area contributed by atoms with Crippen LogP contribution in [0, 0.1) is 23.7 Å². The molecule has 1 N–H and O–H groups in total. The molecule has 122 valence electrons. The fourth-order valence-corrected chi connectivity index (χ4v) is 3.79. The molecule has 1 unspecified atom stereocenters. The van der Waals surface area contributed by atoms with Crippen molar-refractivity contribution in [2.75, 3.05) is 37.7 Å². The van der Waals surface area contributed by atoms with E-state index in [-0.39, 0.29) is 17.9 Å². The van der Waals surface area contributed by atoms with E-state index in [0.717, 1.165) is 38.0 Å². The van der Waals surface area contributed by atoms with Gasteiger partial charge in [0, 0.05) is 31.9 Å². The molecular formula is C17H22N4O2. The van der Waals surface area contributed by atoms with Crippen LogP contribution < -0.4 is 4.90 Å². The quantitative estimate of drug-likeness (QED) is 0.903. The van der Waals surface area contributed by atoms with Crippen LogP contribution in [0.15, 0.2) is 12.1 Å². The van der Waals surface area contributed by atoms with E-state index in [1.165, 1.54) is 0 Å². The van der Waals surface area contributed by atoms with Crippen LogP contribution in [0.5, 0.6) is 0 Å². The lowest BCUT2D eigenvalue weighted by molar-refractivity contribution is -0.145. The van der Waals surface area contributed by atoms with Gasteiger partial charge in [-0.1, -0.05) is 0 Å². The number of likely N-dealkylation sites (tertiary alicyclic amines) is 1. The zero-order valence-corrected chi connectivity index (χ0v) is 13.5. The topological polar surface area (TPSA) is 80.5 Å². The molecule has 6 nitrogen and oxygen atoms in total. The summed E-state index contributed by atoms with van der Waals surface area (Å²) >= 11 is 0. The number of nitrogens with zero attached hydrogens (tertiary/aromatic N) is 4. The van der Waals surface area contributed by atoms with Crippen LogP contribution in [0.3, 0.4) is 0 Å². The van der Waals surface area contributed by atoms with E-state index in [4.69, 9.17) is 5.11 Å². The van der Waals surface area contributed by atoms with Gasteiger partial charge in [-0.2, -0.15) is 5.26 Å². The predicted molar refractivity (Wildman–Crippen MR) is 85.9 cm³/mol. The Bertz CT molecular complexity index is 652. The summed E-state index contributed by atoms with van der Waals surface area (Å²) in [5.74, 6) is 0.836. The maximum Gasteiger partial charge on any atom is 0.230 e. The maximum absolute atomic E-state index is 12.8. The Kier molecular flexibility index (Phi) is 4.22. The van der Waals surface area contributed by atoms with Crippen molar-refractivity contribution in [3.05, 3.63) is 23.4 Å². The second-order valence-corrected chi connectivity index (χ2v) is 6.51. The number of hydrogen-bond acceptors (Lipinski definition) is 5. The molecule has 1 atom stereocenters. The van der Waals surface area contributed by atoms with Gasteiger partial charge in [-0.3, -0.25) is 4.79 Å². The molecule has 1 aromatic rings. The molecule has 2 saturated heterocycles. The van der Waals surface area contributed by atoms with Gasteiger partial charge in [0.2, 0.25) is 5.91 Å². The van der Waals surface area contributed by atoms with Crippen LogP contribution in [0.4, 0.5) is 5.82 Å². The van der Waals surface area contributed by atoms with Crippen LogP contribution >= 0.6 is 0 Å². The highest BCUT2D eigenvalue weighted by atomic mass is 16.3. The summed E-state index contributed by atoms with van der Waals surface area (Å²) in [5, 5.41) is 18.5. The molecule has 1 aromatic heterocycles. The highest BCUT2D eigenvalue weighted by Crippen LogP contribution is 2.41. The second kappa shape index (κ2) is 6.17. The number of β-amino-alcohol motifs (C(OH)–C–C–N with tert-alkyl or cyclic N) is 1. The lowest BCUT2D eigenvalue weighted by atomic mass is 9.78.